The second kappa shape index (κ2) is 14.7. The molecule has 1 saturated heterocycles. The molecule has 10 nitrogen and oxygen atoms in total. The molecule has 0 aromatic heterocycles. The topological polar surface area (TPSA) is 89.1 Å². The van der Waals surface area contributed by atoms with E-state index in [4.69, 9.17) is 35.4 Å². The predicted octanol–water partition coefficient (Wildman–Crippen LogP) is 2.13. The predicted molar refractivity (Wildman–Crippen MR) is 134 cm³/mol. The summed E-state index contributed by atoms with van der Waals surface area (Å²) >= 11 is 0. The summed E-state index contributed by atoms with van der Waals surface area (Å²) in [6.45, 7) is 4.83. The Bertz CT molecular complexity index is 523. The lowest BCUT2D eigenvalue weighted by Crippen LogP contribution is -2.72. The van der Waals surface area contributed by atoms with E-state index < -0.39 is 26.3 Å². The van der Waals surface area contributed by atoms with E-state index in [1.165, 1.54) is 0 Å². The fraction of sp³-hybridized carbons (Fsp3) is 1.00. The first kappa shape index (κ1) is 31.3. The molecule has 0 aromatic carbocycles. The summed E-state index contributed by atoms with van der Waals surface area (Å²) in [5.74, 6) is 0. The summed E-state index contributed by atoms with van der Waals surface area (Å²) < 4.78 is 48.8. The van der Waals surface area contributed by atoms with Crippen LogP contribution in [0.5, 0.6) is 0 Å². The lowest BCUT2D eigenvalue weighted by atomic mass is 10.1. The summed E-state index contributed by atoms with van der Waals surface area (Å²) in [5, 5.41) is 3.61. The average Bonchev–Trinajstić information content (AvgIpc) is 3.17. The van der Waals surface area contributed by atoms with Crippen LogP contribution >= 0.6 is 0 Å². The van der Waals surface area contributed by atoms with Gasteiger partial charge in [0.05, 0.1) is 5.16 Å². The molecule has 198 valence electrons. The van der Waals surface area contributed by atoms with Gasteiger partial charge in [0.15, 0.2) is 0 Å². The van der Waals surface area contributed by atoms with Crippen LogP contribution in [0.3, 0.4) is 0 Å². The van der Waals surface area contributed by atoms with Crippen molar-refractivity contribution >= 4 is 26.3 Å². The van der Waals surface area contributed by atoms with Crippen molar-refractivity contribution in [2.24, 2.45) is 0 Å². The largest absolute Gasteiger partial charge is 0.500 e. The van der Waals surface area contributed by atoms with Crippen LogP contribution in [0, 0.1) is 0 Å². The van der Waals surface area contributed by atoms with E-state index in [1.54, 1.807) is 56.9 Å². The van der Waals surface area contributed by atoms with E-state index in [1.807, 2.05) is 0 Å². The SMILES string of the molecule is CCCNC1(CCC[Si](OC)(OC)OC)CCN(CCC[Si](OC)(OC)OC)[Si]1(OC)OC. The van der Waals surface area contributed by atoms with Gasteiger partial charge in [0.2, 0.25) is 0 Å². The highest BCUT2D eigenvalue weighted by molar-refractivity contribution is 6.69. The molecule has 13 heteroatoms. The van der Waals surface area contributed by atoms with Crippen molar-refractivity contribution in [3.8, 4) is 0 Å². The molecule has 0 aromatic rings. The van der Waals surface area contributed by atoms with Crippen molar-refractivity contribution in [3.05, 3.63) is 0 Å². The van der Waals surface area contributed by atoms with Crippen LogP contribution in [-0.2, 0) is 35.4 Å². The molecule has 1 heterocycles. The van der Waals surface area contributed by atoms with Gasteiger partial charge in [-0.3, -0.25) is 4.57 Å². The summed E-state index contributed by atoms with van der Waals surface area (Å²) in [5.41, 5.74) is 0. The Labute approximate surface area is 204 Å². The Balaban J connectivity index is 3.04. The third-order valence-electron chi connectivity index (χ3n) is 6.96. The Morgan fingerprint density at radius 2 is 1.27 bits per heavy atom. The Morgan fingerprint density at radius 3 is 1.70 bits per heavy atom. The van der Waals surface area contributed by atoms with Crippen molar-refractivity contribution in [1.82, 2.24) is 9.88 Å². The molecule has 1 atom stereocenters. The third kappa shape index (κ3) is 6.93. The number of hydrogen-bond donors (Lipinski definition) is 1. The minimum absolute atomic E-state index is 0.236. The molecule has 0 spiro atoms. The standard InChI is InChI=1S/C20H48N2O8Si3/c1-10-15-21-20(13-11-18-31(23-2,24-3)25-4)14-17-22(33(20,29-8)30-9)16-12-19-32(26-5,27-6)28-7/h21H,10-19H2,1-9H3. The van der Waals surface area contributed by atoms with Crippen molar-refractivity contribution in [2.45, 2.75) is 56.3 Å². The van der Waals surface area contributed by atoms with Crippen molar-refractivity contribution in [2.75, 3.05) is 76.5 Å². The van der Waals surface area contributed by atoms with Gasteiger partial charge in [-0.25, -0.2) is 0 Å². The lowest BCUT2D eigenvalue weighted by Gasteiger charge is -2.44. The molecule has 1 rings (SSSR count). The van der Waals surface area contributed by atoms with Crippen LogP contribution in [0.1, 0.15) is 39.0 Å². The van der Waals surface area contributed by atoms with Gasteiger partial charge in [0.25, 0.3) is 0 Å². The van der Waals surface area contributed by atoms with Crippen molar-refractivity contribution < 1.29 is 35.4 Å². The molecule has 1 N–H and O–H groups in total. The van der Waals surface area contributed by atoms with Crippen LogP contribution < -0.4 is 5.32 Å². The maximum absolute atomic E-state index is 6.31. The third-order valence-corrected chi connectivity index (χ3v) is 16.9. The molecule has 1 aliphatic rings. The first-order chi connectivity index (χ1) is 15.8. The van der Waals surface area contributed by atoms with Gasteiger partial charge in [-0.1, -0.05) is 6.92 Å². The van der Waals surface area contributed by atoms with Gasteiger partial charge in [-0.2, -0.15) is 0 Å². The van der Waals surface area contributed by atoms with Gasteiger partial charge in [-0.05, 0) is 51.7 Å². The maximum Gasteiger partial charge on any atom is 0.500 e. The second-order valence-electron chi connectivity index (χ2n) is 8.28. The average molecular weight is 529 g/mol. The molecule has 1 unspecified atom stereocenters. The van der Waals surface area contributed by atoms with Crippen LogP contribution in [0.15, 0.2) is 0 Å². The van der Waals surface area contributed by atoms with Gasteiger partial charge >= 0.3 is 26.3 Å². The first-order valence-electron chi connectivity index (χ1n) is 11.7. The maximum atomic E-state index is 6.31. The molecule has 0 radical (unpaired) electrons. The molecule has 1 aliphatic heterocycles. The highest BCUT2D eigenvalue weighted by atomic mass is 28.4. The van der Waals surface area contributed by atoms with Crippen LogP contribution in [0.4, 0.5) is 0 Å². The summed E-state index contributed by atoms with van der Waals surface area (Å²) in [4.78, 5) is 0. The quantitative estimate of drug-likeness (QED) is 0.252. The molecule has 33 heavy (non-hydrogen) atoms. The normalized spacial score (nSPS) is 21.7. The van der Waals surface area contributed by atoms with Crippen molar-refractivity contribution in [3.63, 3.8) is 0 Å². The number of rotatable bonds is 19. The van der Waals surface area contributed by atoms with E-state index in [2.05, 4.69) is 16.8 Å². The van der Waals surface area contributed by atoms with Gasteiger partial charge in [0, 0.05) is 69.0 Å². The second-order valence-corrected chi connectivity index (χ2v) is 18.0. The smallest absolute Gasteiger partial charge is 0.385 e. The van der Waals surface area contributed by atoms with Gasteiger partial charge in [-0.15, -0.1) is 0 Å². The van der Waals surface area contributed by atoms with Gasteiger partial charge in [0.1, 0.15) is 0 Å². The zero-order chi connectivity index (χ0) is 25.0. The number of nitrogens with one attached hydrogen (secondary N) is 1. The van der Waals surface area contributed by atoms with E-state index in [-0.39, 0.29) is 5.16 Å². The van der Waals surface area contributed by atoms with Crippen LogP contribution in [-0.4, -0.2) is 113 Å². The fourth-order valence-electron chi connectivity index (χ4n) is 5.07. The molecule has 0 amide bonds. The minimum atomic E-state index is -2.77. The summed E-state index contributed by atoms with van der Waals surface area (Å²) in [6.07, 6.45) is 4.66. The number of nitrogens with zero attached hydrogens (tertiary/aromatic N) is 1. The molecule has 0 aliphatic carbocycles. The Hall–Kier alpha value is 0.251. The summed E-state index contributed by atoms with van der Waals surface area (Å²) in [7, 11) is 5.49. The molecule has 0 saturated carbocycles. The summed E-state index contributed by atoms with van der Waals surface area (Å²) in [6, 6.07) is 1.48. The first-order valence-corrected chi connectivity index (χ1v) is 17.4. The molecule has 0 bridgehead atoms. The van der Waals surface area contributed by atoms with Gasteiger partial charge < -0.3 is 40.7 Å². The molecular weight excluding hydrogens is 480 g/mol. The van der Waals surface area contributed by atoms with E-state index >= 15 is 0 Å². The van der Waals surface area contributed by atoms with Crippen LogP contribution in [0.25, 0.3) is 0 Å². The minimum Gasteiger partial charge on any atom is -0.385 e. The zero-order valence-electron chi connectivity index (χ0n) is 22.3. The fourth-order valence-corrected chi connectivity index (χ4v) is 12.7. The highest BCUT2D eigenvalue weighted by Crippen LogP contribution is 2.40. The van der Waals surface area contributed by atoms with Crippen LogP contribution in [0.2, 0.25) is 12.1 Å². The highest BCUT2D eigenvalue weighted by Gasteiger charge is 2.65. The molecular formula is C20H48N2O8Si3. The lowest BCUT2D eigenvalue weighted by molar-refractivity contribution is 0.118. The Kier molecular flexibility index (Phi) is 14.0. The molecule has 1 fully saturated rings. The monoisotopic (exact) mass is 528 g/mol. The van der Waals surface area contributed by atoms with Crippen molar-refractivity contribution in [1.29, 1.82) is 0 Å². The van der Waals surface area contributed by atoms with E-state index in [0.717, 1.165) is 63.8 Å². The zero-order valence-corrected chi connectivity index (χ0v) is 25.3. The Morgan fingerprint density at radius 1 is 0.788 bits per heavy atom. The van der Waals surface area contributed by atoms with E-state index in [0.29, 0.717) is 0 Å². The van der Waals surface area contributed by atoms with E-state index in [9.17, 15) is 0 Å². The number of hydrogen-bond acceptors (Lipinski definition) is 10.